The summed E-state index contributed by atoms with van der Waals surface area (Å²) in [5, 5.41) is -0.179. The summed E-state index contributed by atoms with van der Waals surface area (Å²) in [5.41, 5.74) is 0. The van der Waals surface area contributed by atoms with Gasteiger partial charge >= 0.3 is 0 Å². The molecule has 14 heavy (non-hydrogen) atoms. The van der Waals surface area contributed by atoms with Crippen molar-refractivity contribution >= 4 is 34.8 Å². The molecule has 2 atom stereocenters. The molecule has 2 aliphatic carbocycles. The van der Waals surface area contributed by atoms with Crippen molar-refractivity contribution < 1.29 is 9.59 Å². The molecule has 2 aliphatic rings. The van der Waals surface area contributed by atoms with E-state index < -0.39 is 0 Å². The number of halogens is 2. The molecule has 74 valence electrons. The summed E-state index contributed by atoms with van der Waals surface area (Å²) in [6.07, 6.45) is 5.01. The number of hydrogen-bond acceptors (Lipinski definition) is 2. The topological polar surface area (TPSA) is 34.1 Å². The van der Waals surface area contributed by atoms with Crippen molar-refractivity contribution in [3.8, 4) is 0 Å². The fraction of sp³-hybridized carbons (Fsp3) is 0.400. The molecule has 0 aromatic heterocycles. The maximum atomic E-state index is 11.7. The lowest BCUT2D eigenvalue weighted by Crippen LogP contribution is -2.36. The van der Waals surface area contributed by atoms with E-state index in [-0.39, 0.29) is 33.5 Å². The third-order valence-corrected chi connectivity index (χ3v) is 3.58. The van der Waals surface area contributed by atoms with Crippen LogP contribution in [-0.4, -0.2) is 11.6 Å². The van der Waals surface area contributed by atoms with Crippen molar-refractivity contribution in [2.75, 3.05) is 0 Å². The fourth-order valence-electron chi connectivity index (χ4n) is 1.94. The van der Waals surface area contributed by atoms with Crippen LogP contribution >= 0.6 is 23.2 Å². The van der Waals surface area contributed by atoms with Gasteiger partial charge in [0.15, 0.2) is 11.6 Å². The minimum atomic E-state index is -0.289. The molecular weight excluding hydrogens is 223 g/mol. The summed E-state index contributed by atoms with van der Waals surface area (Å²) in [6, 6.07) is 0. The molecule has 0 aromatic carbocycles. The van der Waals surface area contributed by atoms with Crippen molar-refractivity contribution in [3.05, 3.63) is 22.2 Å². The van der Waals surface area contributed by atoms with Gasteiger partial charge in [0.05, 0.1) is 0 Å². The number of hydrogen-bond donors (Lipinski definition) is 0. The van der Waals surface area contributed by atoms with Crippen molar-refractivity contribution in [1.82, 2.24) is 0 Å². The highest BCUT2D eigenvalue weighted by Crippen LogP contribution is 2.38. The number of fused-ring (bicyclic) bond motifs is 1. The maximum Gasteiger partial charge on any atom is 0.179 e. The number of Topliss-reactive ketones (excluding diaryl/α,β-unsaturated/α-hetero) is 2. The van der Waals surface area contributed by atoms with E-state index in [1.54, 1.807) is 0 Å². The van der Waals surface area contributed by atoms with Gasteiger partial charge in [0.25, 0.3) is 0 Å². The Bertz CT molecular complexity index is 334. The zero-order valence-corrected chi connectivity index (χ0v) is 8.81. The number of ketones is 2. The molecular formula is C10H8Cl2O2. The fourth-order valence-corrected chi connectivity index (χ4v) is 2.40. The van der Waals surface area contributed by atoms with E-state index in [0.29, 0.717) is 12.8 Å². The van der Waals surface area contributed by atoms with Crippen molar-refractivity contribution in [3.63, 3.8) is 0 Å². The first-order valence-corrected chi connectivity index (χ1v) is 5.17. The molecule has 0 amide bonds. The van der Waals surface area contributed by atoms with Crippen LogP contribution in [0.3, 0.4) is 0 Å². The van der Waals surface area contributed by atoms with Gasteiger partial charge in [-0.15, -0.1) is 0 Å². The molecule has 0 aliphatic heterocycles. The quantitative estimate of drug-likeness (QED) is 0.600. The summed E-state index contributed by atoms with van der Waals surface area (Å²) < 4.78 is 0. The normalized spacial score (nSPS) is 32.1. The molecule has 0 aromatic rings. The monoisotopic (exact) mass is 230 g/mol. The molecule has 0 heterocycles. The van der Waals surface area contributed by atoms with Crippen LogP contribution in [0.25, 0.3) is 0 Å². The highest BCUT2D eigenvalue weighted by atomic mass is 35.5. The van der Waals surface area contributed by atoms with E-state index >= 15 is 0 Å². The van der Waals surface area contributed by atoms with Crippen LogP contribution in [0.1, 0.15) is 12.8 Å². The molecule has 0 bridgehead atoms. The lowest BCUT2D eigenvalue weighted by molar-refractivity contribution is -0.129. The maximum absolute atomic E-state index is 11.7. The molecule has 0 radical (unpaired) electrons. The van der Waals surface area contributed by atoms with E-state index in [1.165, 1.54) is 0 Å². The zero-order valence-electron chi connectivity index (χ0n) is 7.30. The molecule has 4 heteroatoms. The van der Waals surface area contributed by atoms with E-state index in [0.717, 1.165) is 0 Å². The summed E-state index contributed by atoms with van der Waals surface area (Å²) in [5.74, 6) is -0.957. The largest absolute Gasteiger partial charge is 0.293 e. The minimum Gasteiger partial charge on any atom is -0.293 e. The van der Waals surface area contributed by atoms with Crippen LogP contribution in [-0.2, 0) is 9.59 Å². The van der Waals surface area contributed by atoms with Gasteiger partial charge in [0.1, 0.15) is 10.1 Å². The van der Waals surface area contributed by atoms with Crippen molar-refractivity contribution in [2.24, 2.45) is 11.8 Å². The van der Waals surface area contributed by atoms with Crippen molar-refractivity contribution in [1.29, 1.82) is 0 Å². The van der Waals surface area contributed by atoms with Crippen LogP contribution in [0.4, 0.5) is 0 Å². The number of rotatable bonds is 0. The Kier molecular flexibility index (Phi) is 2.50. The molecule has 2 rings (SSSR count). The van der Waals surface area contributed by atoms with Crippen LogP contribution in [0.2, 0.25) is 0 Å². The second-order valence-electron chi connectivity index (χ2n) is 3.51. The Morgan fingerprint density at radius 3 is 1.64 bits per heavy atom. The lowest BCUT2D eigenvalue weighted by atomic mass is 9.74. The predicted molar refractivity (Wildman–Crippen MR) is 54.1 cm³/mol. The highest BCUT2D eigenvalue weighted by Gasteiger charge is 2.41. The van der Waals surface area contributed by atoms with E-state index in [4.69, 9.17) is 23.2 Å². The molecule has 0 saturated heterocycles. The Balaban J connectivity index is 2.44. The molecule has 2 nitrogen and oxygen atoms in total. The summed E-state index contributed by atoms with van der Waals surface area (Å²) in [4.78, 5) is 23.3. The predicted octanol–water partition coefficient (Wildman–Crippen LogP) is 2.41. The first-order valence-electron chi connectivity index (χ1n) is 4.41. The van der Waals surface area contributed by atoms with Crippen LogP contribution < -0.4 is 0 Å². The Hall–Kier alpha value is -0.600. The first-order chi connectivity index (χ1) is 6.63. The highest BCUT2D eigenvalue weighted by molar-refractivity contribution is 6.56. The molecule has 0 unspecified atom stereocenters. The second-order valence-corrected chi connectivity index (χ2v) is 4.27. The Morgan fingerprint density at radius 2 is 1.29 bits per heavy atom. The number of carbonyl (C=O) groups excluding carboxylic acids is 2. The van der Waals surface area contributed by atoms with Crippen LogP contribution in [0.5, 0.6) is 0 Å². The van der Waals surface area contributed by atoms with Gasteiger partial charge in [-0.3, -0.25) is 9.59 Å². The number of carbonyl (C=O) groups is 2. The van der Waals surface area contributed by atoms with Gasteiger partial charge in [-0.25, -0.2) is 0 Å². The Morgan fingerprint density at radius 1 is 0.929 bits per heavy atom. The summed E-state index contributed by atoms with van der Waals surface area (Å²) >= 11 is 11.4. The smallest absolute Gasteiger partial charge is 0.179 e. The lowest BCUT2D eigenvalue weighted by Gasteiger charge is -2.29. The summed E-state index contributed by atoms with van der Waals surface area (Å²) in [6.45, 7) is 0. The standard InChI is InChI=1S/C10H8Cl2O2/c11-7-8(12)10(14)6-4-2-1-3-5(6)9(7)13/h1-2,5-6H,3-4H2/t5-,6-/m1/s1. The summed E-state index contributed by atoms with van der Waals surface area (Å²) in [7, 11) is 0. The third-order valence-electron chi connectivity index (χ3n) is 2.73. The van der Waals surface area contributed by atoms with Crippen LogP contribution in [0.15, 0.2) is 22.2 Å². The second kappa shape index (κ2) is 3.52. The van der Waals surface area contributed by atoms with Gasteiger partial charge in [0.2, 0.25) is 0 Å². The molecule has 0 spiro atoms. The third kappa shape index (κ3) is 1.33. The van der Waals surface area contributed by atoms with E-state index in [2.05, 4.69) is 0 Å². The van der Waals surface area contributed by atoms with Gasteiger partial charge in [0, 0.05) is 11.8 Å². The SMILES string of the molecule is O=C1C(Cl)=C(Cl)C(=O)[C@@H]2CC=CC[C@@H]12. The van der Waals surface area contributed by atoms with E-state index in [9.17, 15) is 9.59 Å². The van der Waals surface area contributed by atoms with Crippen LogP contribution in [0, 0.1) is 11.8 Å². The first kappa shape index (κ1) is 9.94. The molecule has 0 fully saturated rings. The molecule has 0 N–H and O–H groups in total. The molecule has 0 saturated carbocycles. The van der Waals surface area contributed by atoms with Gasteiger partial charge in [-0.05, 0) is 12.8 Å². The van der Waals surface area contributed by atoms with Gasteiger partial charge in [-0.2, -0.15) is 0 Å². The zero-order chi connectivity index (χ0) is 10.3. The van der Waals surface area contributed by atoms with E-state index in [1.807, 2.05) is 12.2 Å². The van der Waals surface area contributed by atoms with Gasteiger partial charge in [-0.1, -0.05) is 35.4 Å². The Labute approximate surface area is 91.6 Å². The number of allylic oxidation sites excluding steroid dienone is 4. The average molecular weight is 231 g/mol. The van der Waals surface area contributed by atoms with Crippen molar-refractivity contribution in [2.45, 2.75) is 12.8 Å². The minimum absolute atomic E-state index is 0.0896. The average Bonchev–Trinajstić information content (AvgIpc) is 2.23. The van der Waals surface area contributed by atoms with Gasteiger partial charge < -0.3 is 0 Å².